The highest BCUT2D eigenvalue weighted by Crippen LogP contribution is 2.37. The van der Waals surface area contributed by atoms with Crippen molar-refractivity contribution in [1.82, 2.24) is 0 Å². The van der Waals surface area contributed by atoms with Crippen molar-refractivity contribution in [1.29, 1.82) is 0 Å². The van der Waals surface area contributed by atoms with Crippen molar-refractivity contribution in [3.05, 3.63) is 60.2 Å². The van der Waals surface area contributed by atoms with E-state index in [2.05, 4.69) is 4.74 Å². The predicted molar refractivity (Wildman–Crippen MR) is 73.1 cm³/mol. The summed E-state index contributed by atoms with van der Waals surface area (Å²) < 4.78 is 55.6. The maximum absolute atomic E-state index is 13.8. The molecule has 6 heteroatoms. The van der Waals surface area contributed by atoms with Crippen molar-refractivity contribution in [2.45, 2.75) is 12.0 Å². The number of alkyl halides is 4. The van der Waals surface area contributed by atoms with Gasteiger partial charge in [-0.15, -0.1) is 0 Å². The largest absolute Gasteiger partial charge is 0.456 e. The first-order valence-corrected chi connectivity index (χ1v) is 6.30. The molecule has 0 aliphatic carbocycles. The van der Waals surface area contributed by atoms with Crippen molar-refractivity contribution in [2.75, 3.05) is 7.11 Å². The zero-order valence-corrected chi connectivity index (χ0v) is 11.5. The SMILES string of the molecule is COC(F)(C(=O)c1ccc(-c2ccccc2)cc1)C(F)(F)F. The number of ketones is 1. The molecule has 0 saturated heterocycles. The number of Topliss-reactive ketones (excluding diaryl/α,β-unsaturated/α-hetero) is 1. The van der Waals surface area contributed by atoms with Crippen molar-refractivity contribution < 1.29 is 27.1 Å². The first kappa shape index (κ1) is 16.2. The smallest absolute Gasteiger partial charge is 0.336 e. The minimum Gasteiger partial charge on any atom is -0.336 e. The lowest BCUT2D eigenvalue weighted by atomic mass is 9.99. The Hall–Kier alpha value is -2.21. The van der Waals surface area contributed by atoms with E-state index in [0.29, 0.717) is 12.7 Å². The van der Waals surface area contributed by atoms with Crippen LogP contribution in [0.1, 0.15) is 10.4 Å². The van der Waals surface area contributed by atoms with E-state index in [9.17, 15) is 22.4 Å². The van der Waals surface area contributed by atoms with E-state index in [1.165, 1.54) is 12.1 Å². The van der Waals surface area contributed by atoms with Gasteiger partial charge in [0.15, 0.2) is 0 Å². The normalized spacial score (nSPS) is 14.4. The Bertz CT molecular complexity index is 650. The van der Waals surface area contributed by atoms with Gasteiger partial charge in [-0.1, -0.05) is 54.6 Å². The Morgan fingerprint density at radius 1 is 0.864 bits per heavy atom. The Morgan fingerprint density at radius 2 is 1.36 bits per heavy atom. The molecule has 116 valence electrons. The summed E-state index contributed by atoms with van der Waals surface area (Å²) in [7, 11) is 0.504. The number of methoxy groups -OCH3 is 1. The molecule has 2 aromatic carbocycles. The van der Waals surface area contributed by atoms with Crippen LogP contribution in [0.5, 0.6) is 0 Å². The lowest BCUT2D eigenvalue weighted by molar-refractivity contribution is -0.296. The lowest BCUT2D eigenvalue weighted by Crippen LogP contribution is -2.49. The van der Waals surface area contributed by atoms with Crippen LogP contribution in [-0.4, -0.2) is 24.9 Å². The van der Waals surface area contributed by atoms with Crippen molar-refractivity contribution >= 4 is 5.78 Å². The van der Waals surface area contributed by atoms with Gasteiger partial charge in [-0.25, -0.2) is 0 Å². The Labute approximate surface area is 124 Å². The van der Waals surface area contributed by atoms with Gasteiger partial charge in [-0.3, -0.25) is 4.79 Å². The molecule has 0 aliphatic rings. The van der Waals surface area contributed by atoms with Crippen LogP contribution >= 0.6 is 0 Å². The maximum atomic E-state index is 13.8. The lowest BCUT2D eigenvalue weighted by Gasteiger charge is -2.24. The topological polar surface area (TPSA) is 26.3 Å². The van der Waals surface area contributed by atoms with Gasteiger partial charge < -0.3 is 4.74 Å². The van der Waals surface area contributed by atoms with Crippen molar-refractivity contribution in [3.8, 4) is 11.1 Å². The monoisotopic (exact) mass is 312 g/mol. The fourth-order valence-electron chi connectivity index (χ4n) is 1.97. The second-order valence-corrected chi connectivity index (χ2v) is 4.57. The molecular weight excluding hydrogens is 300 g/mol. The number of rotatable bonds is 4. The minimum absolute atomic E-state index is 0.415. The van der Waals surface area contributed by atoms with Gasteiger partial charge in [-0.05, 0) is 11.1 Å². The average Bonchev–Trinajstić information content (AvgIpc) is 2.53. The number of ether oxygens (including phenoxy) is 1. The van der Waals surface area contributed by atoms with E-state index in [1.807, 2.05) is 6.07 Å². The van der Waals surface area contributed by atoms with Crippen LogP contribution in [0, 0.1) is 0 Å². The van der Waals surface area contributed by atoms with E-state index < -0.39 is 23.4 Å². The summed E-state index contributed by atoms with van der Waals surface area (Å²) >= 11 is 0. The standard InChI is InChI=1S/C16H12F4O2/c1-22-15(17,16(18,19)20)14(21)13-9-7-12(8-10-13)11-5-3-2-4-6-11/h2-10H,1H3. The third kappa shape index (κ3) is 2.87. The van der Waals surface area contributed by atoms with Gasteiger partial charge in [-0.2, -0.15) is 17.6 Å². The van der Waals surface area contributed by atoms with Gasteiger partial charge in [0, 0.05) is 12.7 Å². The number of hydrogen-bond donors (Lipinski definition) is 0. The second-order valence-electron chi connectivity index (χ2n) is 4.57. The van der Waals surface area contributed by atoms with Crippen LogP contribution in [-0.2, 0) is 4.74 Å². The molecule has 1 atom stereocenters. The average molecular weight is 312 g/mol. The van der Waals surface area contributed by atoms with Crippen LogP contribution in [0.25, 0.3) is 11.1 Å². The highest BCUT2D eigenvalue weighted by Gasteiger charge is 2.62. The van der Waals surface area contributed by atoms with Gasteiger partial charge >= 0.3 is 12.0 Å². The third-order valence-electron chi connectivity index (χ3n) is 3.19. The predicted octanol–water partition coefficient (Wildman–Crippen LogP) is 4.41. The fourth-order valence-corrected chi connectivity index (χ4v) is 1.97. The first-order valence-electron chi connectivity index (χ1n) is 6.30. The molecule has 0 N–H and O–H groups in total. The molecule has 2 nitrogen and oxygen atoms in total. The summed E-state index contributed by atoms with van der Waals surface area (Å²) in [6, 6.07) is 14.2. The summed E-state index contributed by atoms with van der Waals surface area (Å²) in [5.41, 5.74) is 1.11. The van der Waals surface area contributed by atoms with Crippen molar-refractivity contribution in [2.24, 2.45) is 0 Å². The van der Waals surface area contributed by atoms with Crippen LogP contribution in [0.3, 0.4) is 0 Å². The Balaban J connectivity index is 2.33. The number of hydrogen-bond acceptors (Lipinski definition) is 2. The molecule has 0 heterocycles. The molecule has 0 bridgehead atoms. The van der Waals surface area contributed by atoms with E-state index in [4.69, 9.17) is 0 Å². The van der Waals surface area contributed by atoms with E-state index in [1.54, 1.807) is 24.3 Å². The molecule has 0 aromatic heterocycles. The van der Waals surface area contributed by atoms with Crippen molar-refractivity contribution in [3.63, 3.8) is 0 Å². The molecule has 1 unspecified atom stereocenters. The Kier molecular flexibility index (Phi) is 4.32. The number of carbonyl (C=O) groups is 1. The minimum atomic E-state index is -5.45. The highest BCUT2D eigenvalue weighted by molar-refractivity contribution is 6.02. The Morgan fingerprint density at radius 3 is 1.82 bits per heavy atom. The molecule has 0 amide bonds. The molecule has 2 rings (SSSR count). The van der Waals surface area contributed by atoms with Gasteiger partial charge in [0.05, 0.1) is 0 Å². The first-order chi connectivity index (χ1) is 10.3. The fraction of sp³-hybridized carbons (Fsp3) is 0.188. The quantitative estimate of drug-likeness (QED) is 0.617. The number of benzene rings is 2. The van der Waals surface area contributed by atoms with Gasteiger partial charge in [0.25, 0.3) is 0 Å². The maximum Gasteiger partial charge on any atom is 0.456 e. The van der Waals surface area contributed by atoms with Crippen LogP contribution in [0.4, 0.5) is 17.6 Å². The molecule has 0 radical (unpaired) electrons. The van der Waals surface area contributed by atoms with E-state index in [-0.39, 0.29) is 0 Å². The molecular formula is C16H12F4O2. The molecule has 0 spiro atoms. The molecule has 0 fully saturated rings. The summed E-state index contributed by atoms with van der Waals surface area (Å²) in [4.78, 5) is 11.8. The third-order valence-corrected chi connectivity index (χ3v) is 3.19. The van der Waals surface area contributed by atoms with Crippen LogP contribution in [0.15, 0.2) is 54.6 Å². The molecule has 0 saturated carbocycles. The van der Waals surface area contributed by atoms with Gasteiger partial charge in [0.1, 0.15) is 0 Å². The zero-order chi connectivity index (χ0) is 16.4. The molecule has 2 aromatic rings. The van der Waals surface area contributed by atoms with Crippen LogP contribution in [0.2, 0.25) is 0 Å². The van der Waals surface area contributed by atoms with E-state index >= 15 is 0 Å². The second kappa shape index (κ2) is 5.88. The zero-order valence-electron chi connectivity index (χ0n) is 11.5. The molecule has 22 heavy (non-hydrogen) atoms. The molecule has 0 aliphatic heterocycles. The number of carbonyl (C=O) groups excluding carboxylic acids is 1. The summed E-state index contributed by atoms with van der Waals surface area (Å²) in [5.74, 6) is -6.12. The summed E-state index contributed by atoms with van der Waals surface area (Å²) in [6.07, 6.45) is -5.45. The summed E-state index contributed by atoms with van der Waals surface area (Å²) in [6.45, 7) is 0. The van der Waals surface area contributed by atoms with Gasteiger partial charge in [0.2, 0.25) is 5.78 Å². The van der Waals surface area contributed by atoms with E-state index in [0.717, 1.165) is 17.7 Å². The number of halogens is 4. The van der Waals surface area contributed by atoms with Crippen LogP contribution < -0.4 is 0 Å². The summed E-state index contributed by atoms with van der Waals surface area (Å²) in [5, 5.41) is 0. The highest BCUT2D eigenvalue weighted by atomic mass is 19.4.